The molecule has 3 aromatic carbocycles. The third kappa shape index (κ3) is 6.04. The van der Waals surface area contributed by atoms with Crippen LogP contribution in [0.5, 0.6) is 0 Å². The van der Waals surface area contributed by atoms with Crippen LogP contribution in [-0.2, 0) is 4.79 Å². The van der Waals surface area contributed by atoms with Crippen molar-refractivity contribution in [3.63, 3.8) is 0 Å². The van der Waals surface area contributed by atoms with Gasteiger partial charge in [0, 0.05) is 22.5 Å². The smallest absolute Gasteiger partial charge is 0.251 e. The number of amides is 2. The number of nitrogens with zero attached hydrogens (tertiary/aromatic N) is 2. The molecule has 2 N–H and O–H groups in total. The lowest BCUT2D eigenvalue weighted by Crippen LogP contribution is -2.32. The summed E-state index contributed by atoms with van der Waals surface area (Å²) in [6.45, 7) is 8.32. The standard InChI is InChI=1S/C31H32N4O2/c1-21-12-11-13-22(2)30(21)35-23(3)18-27(24(35)4)20-32-34-29(36)19-28(25-14-7-5-8-15-25)33-31(37)26-16-9-6-10-17-26/h5-18,20,28H,19H2,1-4H3,(H,33,37)(H,34,36)/b32-20-/t28-/m1/s1. The summed E-state index contributed by atoms with van der Waals surface area (Å²) in [5, 5.41) is 7.21. The van der Waals surface area contributed by atoms with Crippen LogP contribution in [0, 0.1) is 27.7 Å². The molecule has 0 bridgehead atoms. The van der Waals surface area contributed by atoms with Gasteiger partial charge in [-0.2, -0.15) is 5.10 Å². The summed E-state index contributed by atoms with van der Waals surface area (Å²) in [5.74, 6) is -0.522. The van der Waals surface area contributed by atoms with Gasteiger partial charge in [0.2, 0.25) is 5.91 Å². The summed E-state index contributed by atoms with van der Waals surface area (Å²) in [4.78, 5) is 25.6. The van der Waals surface area contributed by atoms with Crippen molar-refractivity contribution in [3.05, 3.63) is 124 Å². The second kappa shape index (κ2) is 11.5. The van der Waals surface area contributed by atoms with E-state index in [9.17, 15) is 9.59 Å². The topological polar surface area (TPSA) is 75.5 Å². The first-order valence-electron chi connectivity index (χ1n) is 12.3. The average Bonchev–Trinajstić information content (AvgIpc) is 3.17. The Hall–Kier alpha value is -4.45. The van der Waals surface area contributed by atoms with E-state index in [4.69, 9.17) is 0 Å². The Labute approximate surface area is 218 Å². The number of hydrogen-bond acceptors (Lipinski definition) is 3. The summed E-state index contributed by atoms with van der Waals surface area (Å²) >= 11 is 0. The van der Waals surface area contributed by atoms with Gasteiger partial charge in [-0.1, -0.05) is 66.7 Å². The molecule has 4 rings (SSSR count). The number of aromatic nitrogens is 1. The van der Waals surface area contributed by atoms with Crippen LogP contribution in [0.15, 0.2) is 90.0 Å². The third-order valence-electron chi connectivity index (χ3n) is 6.46. The molecule has 2 amide bonds. The molecule has 0 spiro atoms. The molecular formula is C31H32N4O2. The maximum absolute atomic E-state index is 12.8. The van der Waals surface area contributed by atoms with Crippen LogP contribution < -0.4 is 10.7 Å². The van der Waals surface area contributed by atoms with E-state index in [-0.39, 0.29) is 18.2 Å². The number of benzene rings is 3. The van der Waals surface area contributed by atoms with E-state index in [1.807, 2.05) is 55.5 Å². The van der Waals surface area contributed by atoms with Crippen molar-refractivity contribution in [2.45, 2.75) is 40.2 Å². The maximum atomic E-state index is 12.8. The first-order valence-corrected chi connectivity index (χ1v) is 12.3. The monoisotopic (exact) mass is 492 g/mol. The van der Waals surface area contributed by atoms with Gasteiger partial charge >= 0.3 is 0 Å². The zero-order chi connectivity index (χ0) is 26.4. The molecular weight excluding hydrogens is 460 g/mol. The minimum Gasteiger partial charge on any atom is -0.345 e. The molecule has 0 aliphatic carbocycles. The Balaban J connectivity index is 1.47. The van der Waals surface area contributed by atoms with E-state index in [1.165, 1.54) is 16.8 Å². The van der Waals surface area contributed by atoms with Gasteiger partial charge < -0.3 is 9.88 Å². The van der Waals surface area contributed by atoms with E-state index >= 15 is 0 Å². The van der Waals surface area contributed by atoms with Crippen molar-refractivity contribution in [2.75, 3.05) is 0 Å². The lowest BCUT2D eigenvalue weighted by Gasteiger charge is -2.18. The number of nitrogens with one attached hydrogen (secondary N) is 2. The first kappa shape index (κ1) is 25.6. The molecule has 0 fully saturated rings. The molecule has 1 heterocycles. The summed E-state index contributed by atoms with van der Waals surface area (Å²) < 4.78 is 2.22. The first-order chi connectivity index (χ1) is 17.8. The summed E-state index contributed by atoms with van der Waals surface area (Å²) in [6, 6.07) is 26.3. The molecule has 1 atom stereocenters. The number of rotatable bonds is 8. The van der Waals surface area contributed by atoms with E-state index in [2.05, 4.69) is 65.4 Å². The van der Waals surface area contributed by atoms with Gasteiger partial charge in [0.1, 0.15) is 0 Å². The zero-order valence-corrected chi connectivity index (χ0v) is 21.7. The molecule has 6 heteroatoms. The number of aryl methyl sites for hydroxylation is 3. The van der Waals surface area contributed by atoms with Crippen molar-refractivity contribution in [2.24, 2.45) is 5.10 Å². The Morgan fingerprint density at radius 3 is 2.14 bits per heavy atom. The highest BCUT2D eigenvalue weighted by molar-refractivity contribution is 5.94. The normalized spacial score (nSPS) is 11.9. The second-order valence-electron chi connectivity index (χ2n) is 9.20. The molecule has 0 unspecified atom stereocenters. The molecule has 4 aromatic rings. The van der Waals surface area contributed by atoms with Crippen LogP contribution in [0.25, 0.3) is 5.69 Å². The fourth-order valence-corrected chi connectivity index (χ4v) is 4.59. The van der Waals surface area contributed by atoms with Gasteiger partial charge in [-0.3, -0.25) is 9.59 Å². The Kier molecular flexibility index (Phi) is 7.98. The molecule has 0 saturated heterocycles. The minimum atomic E-state index is -0.488. The van der Waals surface area contributed by atoms with Crippen molar-refractivity contribution >= 4 is 18.0 Å². The van der Waals surface area contributed by atoms with Crippen molar-refractivity contribution < 1.29 is 9.59 Å². The van der Waals surface area contributed by atoms with Gasteiger partial charge in [0.25, 0.3) is 5.91 Å². The van der Waals surface area contributed by atoms with E-state index in [1.54, 1.807) is 18.3 Å². The number of para-hydroxylation sites is 1. The highest BCUT2D eigenvalue weighted by atomic mass is 16.2. The van der Waals surface area contributed by atoms with E-state index in [0.29, 0.717) is 5.56 Å². The Morgan fingerprint density at radius 2 is 1.49 bits per heavy atom. The lowest BCUT2D eigenvalue weighted by atomic mass is 10.0. The van der Waals surface area contributed by atoms with Crippen molar-refractivity contribution in [1.82, 2.24) is 15.3 Å². The Morgan fingerprint density at radius 1 is 0.865 bits per heavy atom. The molecule has 6 nitrogen and oxygen atoms in total. The predicted octanol–water partition coefficient (Wildman–Crippen LogP) is 5.72. The van der Waals surface area contributed by atoms with Gasteiger partial charge in [-0.05, 0) is 62.6 Å². The van der Waals surface area contributed by atoms with Crippen LogP contribution >= 0.6 is 0 Å². The molecule has 188 valence electrons. The quantitative estimate of drug-likeness (QED) is 0.244. The third-order valence-corrected chi connectivity index (χ3v) is 6.46. The van der Waals surface area contributed by atoms with Gasteiger partial charge in [0.05, 0.1) is 24.4 Å². The van der Waals surface area contributed by atoms with Crippen molar-refractivity contribution in [3.8, 4) is 5.69 Å². The number of hydrazone groups is 1. The van der Waals surface area contributed by atoms with Gasteiger partial charge in [-0.15, -0.1) is 0 Å². The van der Waals surface area contributed by atoms with E-state index in [0.717, 1.165) is 22.5 Å². The molecule has 37 heavy (non-hydrogen) atoms. The largest absolute Gasteiger partial charge is 0.345 e. The van der Waals surface area contributed by atoms with Crippen LogP contribution in [0.2, 0.25) is 0 Å². The van der Waals surface area contributed by atoms with Crippen LogP contribution in [0.3, 0.4) is 0 Å². The molecule has 0 saturated carbocycles. The number of carbonyl (C=O) groups is 2. The highest BCUT2D eigenvalue weighted by Crippen LogP contribution is 2.25. The minimum absolute atomic E-state index is 0.0569. The highest BCUT2D eigenvalue weighted by Gasteiger charge is 2.19. The SMILES string of the molecule is Cc1cccc(C)c1-n1c(C)cc(/C=N\NC(=O)C[C@@H](NC(=O)c2ccccc2)c2ccccc2)c1C. The molecule has 1 aromatic heterocycles. The molecule has 0 radical (unpaired) electrons. The average molecular weight is 493 g/mol. The summed E-state index contributed by atoms with van der Waals surface area (Å²) in [5.41, 5.74) is 10.7. The Bertz CT molecular complexity index is 1400. The lowest BCUT2D eigenvalue weighted by molar-refractivity contribution is -0.121. The second-order valence-corrected chi connectivity index (χ2v) is 9.20. The zero-order valence-electron chi connectivity index (χ0n) is 21.7. The van der Waals surface area contributed by atoms with Crippen LogP contribution in [0.4, 0.5) is 0 Å². The van der Waals surface area contributed by atoms with Crippen LogP contribution in [0.1, 0.15) is 56.5 Å². The van der Waals surface area contributed by atoms with Crippen LogP contribution in [-0.4, -0.2) is 22.6 Å². The number of hydrogen-bond donors (Lipinski definition) is 2. The summed E-state index contributed by atoms with van der Waals surface area (Å²) in [6.07, 6.45) is 1.73. The predicted molar refractivity (Wildman–Crippen MR) is 148 cm³/mol. The number of carbonyl (C=O) groups excluding carboxylic acids is 2. The van der Waals surface area contributed by atoms with E-state index < -0.39 is 6.04 Å². The molecule has 0 aliphatic rings. The molecule has 0 aliphatic heterocycles. The van der Waals surface area contributed by atoms with Crippen molar-refractivity contribution in [1.29, 1.82) is 0 Å². The fraction of sp³-hybridized carbons (Fsp3) is 0.194. The van der Waals surface area contributed by atoms with Gasteiger partial charge in [-0.25, -0.2) is 5.43 Å². The van der Waals surface area contributed by atoms with Gasteiger partial charge in [0.15, 0.2) is 0 Å². The maximum Gasteiger partial charge on any atom is 0.251 e. The summed E-state index contributed by atoms with van der Waals surface area (Å²) in [7, 11) is 0. The fourth-order valence-electron chi connectivity index (χ4n) is 4.59.